The summed E-state index contributed by atoms with van der Waals surface area (Å²) in [5, 5.41) is 20.6. The molecule has 4 rings (SSSR count). The lowest BCUT2D eigenvalue weighted by atomic mass is 9.55. The van der Waals surface area contributed by atoms with E-state index in [-0.39, 0.29) is 5.41 Å². The van der Waals surface area contributed by atoms with Crippen LogP contribution in [0.25, 0.3) is 0 Å². The molecule has 0 amide bonds. The first-order chi connectivity index (χ1) is 10.5. The monoisotopic (exact) mass is 302 g/mol. The summed E-state index contributed by atoms with van der Waals surface area (Å²) in [6.07, 6.45) is 4.09. The number of aryl methyl sites for hydroxylation is 1. The number of aliphatic hydroxyl groups excluding tert-OH is 2. The summed E-state index contributed by atoms with van der Waals surface area (Å²) < 4.78 is 5.36. The van der Waals surface area contributed by atoms with Gasteiger partial charge in [-0.2, -0.15) is 0 Å². The number of benzene rings is 1. The molecule has 0 saturated heterocycles. The van der Waals surface area contributed by atoms with Gasteiger partial charge in [-0.3, -0.25) is 0 Å². The molecule has 0 aliphatic heterocycles. The Bertz CT molecular complexity index is 584. The van der Waals surface area contributed by atoms with E-state index in [1.165, 1.54) is 17.5 Å². The average molecular weight is 302 g/mol. The summed E-state index contributed by atoms with van der Waals surface area (Å²) in [6.45, 7) is 2.19. The van der Waals surface area contributed by atoms with E-state index in [2.05, 4.69) is 25.1 Å². The Hall–Kier alpha value is -1.06. The van der Waals surface area contributed by atoms with Gasteiger partial charge in [0.1, 0.15) is 5.75 Å². The Morgan fingerprint density at radius 3 is 2.82 bits per heavy atom. The predicted molar refractivity (Wildman–Crippen MR) is 85.0 cm³/mol. The van der Waals surface area contributed by atoms with Crippen LogP contribution in [0.3, 0.4) is 0 Å². The maximum atomic E-state index is 10.4. The molecule has 3 heteroatoms. The molecule has 3 aliphatic carbocycles. The van der Waals surface area contributed by atoms with Gasteiger partial charge in [-0.05, 0) is 78.5 Å². The van der Waals surface area contributed by atoms with Crippen LogP contribution in [-0.4, -0.2) is 29.5 Å². The van der Waals surface area contributed by atoms with E-state index < -0.39 is 12.2 Å². The second-order valence-corrected chi connectivity index (χ2v) is 7.77. The molecule has 2 fully saturated rings. The molecular formula is C19H26O3. The normalized spacial score (nSPS) is 43.2. The largest absolute Gasteiger partial charge is 0.497 e. The molecule has 1 aromatic carbocycles. The van der Waals surface area contributed by atoms with Gasteiger partial charge in [0.05, 0.1) is 19.3 Å². The fraction of sp³-hybridized carbons (Fsp3) is 0.684. The van der Waals surface area contributed by atoms with Gasteiger partial charge in [-0.15, -0.1) is 0 Å². The van der Waals surface area contributed by atoms with Crippen LogP contribution in [0.2, 0.25) is 0 Å². The minimum Gasteiger partial charge on any atom is -0.497 e. The van der Waals surface area contributed by atoms with Gasteiger partial charge in [-0.1, -0.05) is 13.0 Å². The zero-order valence-corrected chi connectivity index (χ0v) is 13.5. The van der Waals surface area contributed by atoms with Gasteiger partial charge in [0.25, 0.3) is 0 Å². The Morgan fingerprint density at radius 2 is 2.05 bits per heavy atom. The first kappa shape index (κ1) is 14.5. The maximum Gasteiger partial charge on any atom is 0.119 e. The number of aliphatic hydroxyl groups is 2. The number of hydrogen-bond acceptors (Lipinski definition) is 3. The van der Waals surface area contributed by atoms with Crippen LogP contribution in [0, 0.1) is 17.3 Å². The lowest BCUT2D eigenvalue weighted by Gasteiger charge is -2.49. The number of ether oxygens (including phenoxy) is 1. The van der Waals surface area contributed by atoms with Crippen molar-refractivity contribution in [2.45, 2.75) is 57.2 Å². The molecule has 2 N–H and O–H groups in total. The molecular weight excluding hydrogens is 276 g/mol. The molecule has 0 heterocycles. The van der Waals surface area contributed by atoms with Gasteiger partial charge < -0.3 is 14.9 Å². The van der Waals surface area contributed by atoms with E-state index in [1.807, 2.05) is 0 Å². The van der Waals surface area contributed by atoms with Crippen molar-refractivity contribution in [3.63, 3.8) is 0 Å². The summed E-state index contributed by atoms with van der Waals surface area (Å²) in [7, 11) is 1.72. The van der Waals surface area contributed by atoms with Crippen molar-refractivity contribution in [1.29, 1.82) is 0 Å². The van der Waals surface area contributed by atoms with Gasteiger partial charge in [0.2, 0.25) is 0 Å². The highest BCUT2D eigenvalue weighted by atomic mass is 16.5. The molecule has 2 saturated carbocycles. The molecule has 0 bridgehead atoms. The van der Waals surface area contributed by atoms with Gasteiger partial charge in [-0.25, -0.2) is 0 Å². The lowest BCUT2D eigenvalue weighted by molar-refractivity contribution is -0.0505. The van der Waals surface area contributed by atoms with E-state index in [1.54, 1.807) is 7.11 Å². The molecule has 0 radical (unpaired) electrons. The number of fused-ring (bicyclic) bond motifs is 5. The number of methoxy groups -OCH3 is 1. The fourth-order valence-electron chi connectivity index (χ4n) is 5.67. The first-order valence-electron chi connectivity index (χ1n) is 8.57. The summed E-state index contributed by atoms with van der Waals surface area (Å²) in [5.41, 5.74) is 2.82. The van der Waals surface area contributed by atoms with Crippen molar-refractivity contribution in [2.75, 3.05) is 7.11 Å². The summed E-state index contributed by atoms with van der Waals surface area (Å²) in [5.74, 6) is 2.59. The Kier molecular flexibility index (Phi) is 3.28. The number of hydrogen-bond donors (Lipinski definition) is 2. The van der Waals surface area contributed by atoms with Crippen molar-refractivity contribution >= 4 is 0 Å². The highest BCUT2D eigenvalue weighted by Crippen LogP contribution is 2.60. The van der Waals surface area contributed by atoms with Crippen molar-refractivity contribution in [3.8, 4) is 5.75 Å². The number of rotatable bonds is 1. The average Bonchev–Trinajstić information content (AvgIpc) is 2.77. The third-order valence-electron chi connectivity index (χ3n) is 6.91. The third kappa shape index (κ3) is 1.88. The highest BCUT2D eigenvalue weighted by Gasteiger charge is 2.57. The predicted octanol–water partition coefficient (Wildman–Crippen LogP) is 2.88. The van der Waals surface area contributed by atoms with Crippen molar-refractivity contribution < 1.29 is 14.9 Å². The third-order valence-corrected chi connectivity index (χ3v) is 6.91. The van der Waals surface area contributed by atoms with E-state index >= 15 is 0 Å². The molecule has 3 aliphatic rings. The fourth-order valence-corrected chi connectivity index (χ4v) is 5.67. The van der Waals surface area contributed by atoms with Crippen LogP contribution >= 0.6 is 0 Å². The van der Waals surface area contributed by atoms with E-state index in [4.69, 9.17) is 4.74 Å². The topological polar surface area (TPSA) is 49.7 Å². The molecule has 0 aromatic heterocycles. The standard InChI is InChI=1S/C19H26O3/c1-19-8-7-14-13-6-4-12(22-2)9-11(13)3-5-15(14)16(19)10-17(20)18(19)21/h4,6,9,14-18,20-21H,3,5,7-8,10H2,1-2H3/t14-,15-,16-,17+,18-,19+/m0/s1. The zero-order valence-electron chi connectivity index (χ0n) is 13.5. The van der Waals surface area contributed by atoms with Crippen LogP contribution in [0.1, 0.15) is 49.7 Å². The highest BCUT2D eigenvalue weighted by molar-refractivity contribution is 5.40. The summed E-state index contributed by atoms with van der Waals surface area (Å²) in [6, 6.07) is 6.51. The van der Waals surface area contributed by atoms with E-state index in [0.29, 0.717) is 17.8 Å². The Morgan fingerprint density at radius 1 is 1.23 bits per heavy atom. The van der Waals surface area contributed by atoms with Crippen LogP contribution in [0.5, 0.6) is 5.75 Å². The zero-order chi connectivity index (χ0) is 15.5. The smallest absolute Gasteiger partial charge is 0.119 e. The Balaban J connectivity index is 1.69. The molecule has 0 spiro atoms. The van der Waals surface area contributed by atoms with Crippen LogP contribution in [0.4, 0.5) is 0 Å². The van der Waals surface area contributed by atoms with Crippen LogP contribution in [0.15, 0.2) is 18.2 Å². The minimum absolute atomic E-state index is 0.0927. The van der Waals surface area contributed by atoms with E-state index in [9.17, 15) is 10.2 Å². The minimum atomic E-state index is -0.546. The van der Waals surface area contributed by atoms with Crippen LogP contribution in [-0.2, 0) is 6.42 Å². The molecule has 3 nitrogen and oxygen atoms in total. The van der Waals surface area contributed by atoms with E-state index in [0.717, 1.165) is 31.4 Å². The molecule has 1 aromatic rings. The lowest BCUT2D eigenvalue weighted by Crippen LogP contribution is -2.44. The SMILES string of the molecule is COc1ccc2c(c1)CC[C@H]1[C@H]2CC[C@@]2(C)[C@@H](O)[C@H](O)C[C@@H]12. The van der Waals surface area contributed by atoms with Crippen molar-refractivity contribution in [1.82, 2.24) is 0 Å². The molecule has 0 unspecified atom stereocenters. The molecule has 6 atom stereocenters. The second kappa shape index (κ2) is 4.97. The molecule has 22 heavy (non-hydrogen) atoms. The van der Waals surface area contributed by atoms with Gasteiger partial charge in [0, 0.05) is 0 Å². The van der Waals surface area contributed by atoms with Crippen molar-refractivity contribution in [2.24, 2.45) is 17.3 Å². The first-order valence-corrected chi connectivity index (χ1v) is 8.57. The van der Waals surface area contributed by atoms with Crippen molar-refractivity contribution in [3.05, 3.63) is 29.3 Å². The second-order valence-electron chi connectivity index (χ2n) is 7.77. The maximum absolute atomic E-state index is 10.4. The Labute approximate surface area is 132 Å². The molecule has 120 valence electrons. The van der Waals surface area contributed by atoms with Gasteiger partial charge in [0.15, 0.2) is 0 Å². The van der Waals surface area contributed by atoms with Gasteiger partial charge >= 0.3 is 0 Å². The summed E-state index contributed by atoms with van der Waals surface area (Å²) >= 11 is 0. The van der Waals surface area contributed by atoms with Crippen LogP contribution < -0.4 is 4.74 Å². The summed E-state index contributed by atoms with van der Waals surface area (Å²) in [4.78, 5) is 0. The quantitative estimate of drug-likeness (QED) is 0.838.